The highest BCUT2D eigenvalue weighted by molar-refractivity contribution is 4.52. The summed E-state index contributed by atoms with van der Waals surface area (Å²) < 4.78 is 15.5. The van der Waals surface area contributed by atoms with Gasteiger partial charge in [0.1, 0.15) is 0 Å². The van der Waals surface area contributed by atoms with Gasteiger partial charge in [-0.05, 0) is 65.2 Å². The van der Waals surface area contributed by atoms with E-state index in [1.165, 1.54) is 64.2 Å². The molecule has 2 saturated heterocycles. The number of rotatable bonds is 7. The Balaban J connectivity index is -0.000000148. The molecule has 190 valence electrons. The van der Waals surface area contributed by atoms with Crippen LogP contribution in [0.5, 0.6) is 0 Å². The molecule has 0 spiro atoms. The Hall–Kier alpha value is -0.720. The van der Waals surface area contributed by atoms with Crippen molar-refractivity contribution in [2.75, 3.05) is 52.9 Å². The molecule has 0 radical (unpaired) electrons. The number of ether oxygens (including phenoxy) is 3. The van der Waals surface area contributed by atoms with Gasteiger partial charge in [0.25, 0.3) is 0 Å². The molecule has 2 fully saturated rings. The van der Waals surface area contributed by atoms with Crippen molar-refractivity contribution < 1.29 is 24.4 Å². The Morgan fingerprint density at radius 3 is 1.10 bits per heavy atom. The summed E-state index contributed by atoms with van der Waals surface area (Å²) in [6.45, 7) is 20.5. The number of hydrogen-bond acceptors (Lipinski definition) is 5. The van der Waals surface area contributed by atoms with Gasteiger partial charge in [-0.1, -0.05) is 38.8 Å². The van der Waals surface area contributed by atoms with Gasteiger partial charge < -0.3 is 24.4 Å². The molecule has 0 bridgehead atoms. The predicted octanol–water partition coefficient (Wildman–Crippen LogP) is 6.33. The lowest BCUT2D eigenvalue weighted by atomic mass is 10.2. The molecular weight excluding hydrogens is 392 g/mol. The molecule has 2 aliphatic heterocycles. The summed E-state index contributed by atoms with van der Waals surface area (Å²) in [5.74, 6) is 0. The normalized spacial score (nSPS) is 14.0. The molecule has 0 atom stereocenters. The smallest absolute Gasteiger partial charge is 0.0662 e. The second-order valence-corrected chi connectivity index (χ2v) is 6.93. The summed E-state index contributed by atoms with van der Waals surface area (Å²) in [5.41, 5.74) is 0. The Morgan fingerprint density at radius 1 is 0.677 bits per heavy atom. The van der Waals surface area contributed by atoms with Crippen molar-refractivity contribution in [2.24, 2.45) is 0 Å². The van der Waals surface area contributed by atoms with Crippen LogP contribution in [0.15, 0.2) is 25.3 Å². The van der Waals surface area contributed by atoms with E-state index in [2.05, 4.69) is 27.0 Å². The quantitative estimate of drug-likeness (QED) is 0.352. The van der Waals surface area contributed by atoms with Crippen LogP contribution < -0.4 is 0 Å². The van der Waals surface area contributed by atoms with Gasteiger partial charge in [-0.15, -0.1) is 13.2 Å². The molecule has 0 aromatic carbocycles. The molecule has 0 saturated carbocycles. The van der Waals surface area contributed by atoms with Crippen molar-refractivity contribution >= 4 is 0 Å². The third kappa shape index (κ3) is 65.2. The third-order valence-corrected chi connectivity index (χ3v) is 3.54. The minimum absolute atomic E-state index is 0.125. The minimum atomic E-state index is -0.125. The summed E-state index contributed by atoms with van der Waals surface area (Å²) in [7, 11) is 0. The second kappa shape index (κ2) is 47.2. The van der Waals surface area contributed by atoms with Gasteiger partial charge in [-0.25, -0.2) is 0 Å². The van der Waals surface area contributed by atoms with Gasteiger partial charge in [0.05, 0.1) is 13.2 Å². The lowest BCUT2D eigenvalue weighted by molar-refractivity contribution is 0.0967. The van der Waals surface area contributed by atoms with E-state index in [1.54, 1.807) is 12.2 Å². The van der Waals surface area contributed by atoms with Crippen LogP contribution in [-0.4, -0.2) is 63.1 Å². The van der Waals surface area contributed by atoms with Gasteiger partial charge in [-0.3, -0.25) is 0 Å². The third-order valence-electron chi connectivity index (χ3n) is 3.54. The zero-order chi connectivity index (χ0) is 24.3. The van der Waals surface area contributed by atoms with E-state index >= 15 is 0 Å². The lowest BCUT2D eigenvalue weighted by Gasteiger charge is -2.08. The van der Waals surface area contributed by atoms with Crippen molar-refractivity contribution in [3.05, 3.63) is 25.3 Å². The molecule has 0 unspecified atom stereocenters. The monoisotopic (exact) mass is 448 g/mol. The average molecular weight is 449 g/mol. The Labute approximate surface area is 194 Å². The first-order valence-electron chi connectivity index (χ1n) is 12.2. The number of aliphatic hydroxyl groups excluding tert-OH is 2. The molecule has 31 heavy (non-hydrogen) atoms. The van der Waals surface area contributed by atoms with Crippen LogP contribution in [-0.2, 0) is 14.2 Å². The van der Waals surface area contributed by atoms with Crippen LogP contribution >= 0.6 is 0 Å². The van der Waals surface area contributed by atoms with Crippen LogP contribution in [0.2, 0.25) is 0 Å². The summed E-state index contributed by atoms with van der Waals surface area (Å²) in [6, 6.07) is 0. The van der Waals surface area contributed by atoms with Crippen molar-refractivity contribution in [3.8, 4) is 0 Å². The first-order chi connectivity index (χ1) is 15.2. The molecule has 2 aliphatic rings. The Kier molecular flexibility index (Phi) is 57.2. The first kappa shape index (κ1) is 37.6. The van der Waals surface area contributed by atoms with Crippen LogP contribution in [0.3, 0.4) is 0 Å². The molecule has 0 aromatic rings. The standard InChI is InChI=1S/C8H18O.2C5H10O.2C3H6.C2H6O2/c1-3-5-7-9-8-6-4-2;2*1-2-4-6-5-3-1;2*1-3-2;3-1-2-4/h3-8H2,1-2H3;2*1-5H2;2*3H,1H2,2H3;3-4H,1-2H2. The summed E-state index contributed by atoms with van der Waals surface area (Å²) in [4.78, 5) is 0. The molecule has 2 rings (SSSR count). The lowest BCUT2D eigenvalue weighted by Crippen LogP contribution is -2.03. The molecule has 5 heteroatoms. The molecular formula is C26H56O5. The first-order valence-corrected chi connectivity index (χ1v) is 12.2. The molecule has 2 N–H and O–H groups in total. The van der Waals surface area contributed by atoms with E-state index in [0.717, 1.165) is 39.6 Å². The zero-order valence-electron chi connectivity index (χ0n) is 21.4. The maximum Gasteiger partial charge on any atom is 0.0662 e. The highest BCUT2D eigenvalue weighted by Crippen LogP contribution is 2.02. The highest BCUT2D eigenvalue weighted by atomic mass is 16.5. The topological polar surface area (TPSA) is 68.2 Å². The van der Waals surface area contributed by atoms with Gasteiger partial charge in [-0.2, -0.15) is 0 Å². The molecule has 0 aliphatic carbocycles. The molecule has 0 amide bonds. The molecule has 5 nitrogen and oxygen atoms in total. The Bertz CT molecular complexity index is 216. The number of allylic oxidation sites excluding steroid dienone is 2. The van der Waals surface area contributed by atoms with E-state index in [0.29, 0.717) is 0 Å². The van der Waals surface area contributed by atoms with E-state index < -0.39 is 0 Å². The fourth-order valence-electron chi connectivity index (χ4n) is 1.97. The maximum atomic E-state index is 7.62. The number of hydrogen-bond donors (Lipinski definition) is 2. The van der Waals surface area contributed by atoms with Crippen molar-refractivity contribution in [1.82, 2.24) is 0 Å². The maximum absolute atomic E-state index is 7.62. The van der Waals surface area contributed by atoms with Crippen molar-refractivity contribution in [3.63, 3.8) is 0 Å². The van der Waals surface area contributed by atoms with Crippen LogP contribution in [0.4, 0.5) is 0 Å². The van der Waals surface area contributed by atoms with E-state index in [-0.39, 0.29) is 13.2 Å². The fourth-order valence-corrected chi connectivity index (χ4v) is 1.97. The van der Waals surface area contributed by atoms with Crippen LogP contribution in [0, 0.1) is 0 Å². The highest BCUT2D eigenvalue weighted by Gasteiger charge is 1.95. The summed E-state index contributed by atoms with van der Waals surface area (Å²) >= 11 is 0. The largest absolute Gasteiger partial charge is 0.394 e. The number of aliphatic hydroxyl groups is 2. The van der Waals surface area contributed by atoms with Crippen molar-refractivity contribution in [2.45, 2.75) is 91.9 Å². The SMILES string of the molecule is C1CCOCC1.C1CCOCC1.C=CC.C=CC.CCCCOCCCC.OCCO. The summed E-state index contributed by atoms with van der Waals surface area (Å²) in [6.07, 6.45) is 16.3. The Morgan fingerprint density at radius 2 is 0.968 bits per heavy atom. The van der Waals surface area contributed by atoms with Gasteiger partial charge in [0.2, 0.25) is 0 Å². The van der Waals surface area contributed by atoms with Gasteiger partial charge in [0, 0.05) is 39.6 Å². The van der Waals surface area contributed by atoms with E-state index in [1.807, 2.05) is 13.8 Å². The summed E-state index contributed by atoms with van der Waals surface area (Å²) in [5, 5.41) is 15.2. The fraction of sp³-hybridized carbons (Fsp3) is 0.846. The average Bonchev–Trinajstić information content (AvgIpc) is 2.83. The van der Waals surface area contributed by atoms with E-state index in [9.17, 15) is 0 Å². The van der Waals surface area contributed by atoms with E-state index in [4.69, 9.17) is 24.4 Å². The molecule has 2 heterocycles. The molecule has 0 aromatic heterocycles. The van der Waals surface area contributed by atoms with Crippen LogP contribution in [0.1, 0.15) is 91.9 Å². The predicted molar refractivity (Wildman–Crippen MR) is 136 cm³/mol. The number of unbranched alkanes of at least 4 members (excludes halogenated alkanes) is 2. The van der Waals surface area contributed by atoms with Gasteiger partial charge >= 0.3 is 0 Å². The van der Waals surface area contributed by atoms with Gasteiger partial charge in [0.15, 0.2) is 0 Å². The van der Waals surface area contributed by atoms with Crippen molar-refractivity contribution in [1.29, 1.82) is 0 Å². The minimum Gasteiger partial charge on any atom is -0.394 e. The second-order valence-electron chi connectivity index (χ2n) is 6.93. The zero-order valence-corrected chi connectivity index (χ0v) is 21.4. The van der Waals surface area contributed by atoms with Crippen LogP contribution in [0.25, 0.3) is 0 Å².